The SMILES string of the molecule is COc1ccc(-c2ccc(-c3ccc(S)s3)s2)s1. The van der Waals surface area contributed by atoms with Crippen molar-refractivity contribution in [1.29, 1.82) is 0 Å². The number of rotatable bonds is 3. The molecule has 0 radical (unpaired) electrons. The fraction of sp³-hybridized carbons (Fsp3) is 0.0769. The van der Waals surface area contributed by atoms with Gasteiger partial charge in [0.15, 0.2) is 5.06 Å². The Hall–Kier alpha value is -0.750. The summed E-state index contributed by atoms with van der Waals surface area (Å²) in [5.74, 6) is 0. The third-order valence-electron chi connectivity index (χ3n) is 2.47. The van der Waals surface area contributed by atoms with Crippen LogP contribution in [0.25, 0.3) is 19.5 Å². The number of hydrogen-bond donors (Lipinski definition) is 1. The molecule has 3 rings (SSSR count). The highest BCUT2D eigenvalue weighted by Crippen LogP contribution is 2.41. The smallest absolute Gasteiger partial charge is 0.173 e. The minimum atomic E-state index is 0.953. The molecule has 0 aliphatic carbocycles. The fourth-order valence-corrected chi connectivity index (χ4v) is 4.75. The van der Waals surface area contributed by atoms with Crippen molar-refractivity contribution in [2.75, 3.05) is 7.11 Å². The average Bonchev–Trinajstić information content (AvgIpc) is 3.07. The fourth-order valence-electron chi connectivity index (χ4n) is 1.63. The van der Waals surface area contributed by atoms with Crippen LogP contribution in [-0.4, -0.2) is 7.11 Å². The van der Waals surface area contributed by atoms with Gasteiger partial charge in [0.05, 0.1) is 11.3 Å². The molecule has 0 saturated carbocycles. The predicted octanol–water partition coefficient (Wildman–Crippen LogP) is 5.50. The van der Waals surface area contributed by atoms with Crippen molar-refractivity contribution in [3.8, 4) is 24.6 Å². The van der Waals surface area contributed by atoms with E-state index in [4.69, 9.17) is 4.74 Å². The van der Waals surface area contributed by atoms with Crippen LogP contribution in [0.2, 0.25) is 0 Å². The average molecular weight is 310 g/mol. The quantitative estimate of drug-likeness (QED) is 0.628. The van der Waals surface area contributed by atoms with E-state index >= 15 is 0 Å². The van der Waals surface area contributed by atoms with Crippen LogP contribution in [0.4, 0.5) is 0 Å². The number of methoxy groups -OCH3 is 1. The molecule has 0 fully saturated rings. The van der Waals surface area contributed by atoms with Crippen LogP contribution >= 0.6 is 46.6 Å². The highest BCUT2D eigenvalue weighted by molar-refractivity contribution is 7.83. The van der Waals surface area contributed by atoms with Gasteiger partial charge >= 0.3 is 0 Å². The van der Waals surface area contributed by atoms with Gasteiger partial charge in [-0.15, -0.1) is 35.3 Å². The monoisotopic (exact) mass is 310 g/mol. The molecule has 1 nitrogen and oxygen atoms in total. The van der Waals surface area contributed by atoms with Crippen molar-refractivity contribution >= 4 is 46.6 Å². The van der Waals surface area contributed by atoms with Crippen molar-refractivity contribution in [2.24, 2.45) is 0 Å². The maximum Gasteiger partial charge on any atom is 0.173 e. The molecule has 0 N–H and O–H groups in total. The van der Waals surface area contributed by atoms with Gasteiger partial charge in [0.25, 0.3) is 0 Å². The highest BCUT2D eigenvalue weighted by atomic mass is 32.2. The van der Waals surface area contributed by atoms with Crippen molar-refractivity contribution < 1.29 is 4.74 Å². The summed E-state index contributed by atoms with van der Waals surface area (Å²) in [6.07, 6.45) is 0. The lowest BCUT2D eigenvalue weighted by Gasteiger charge is -1.91. The number of thiophene rings is 3. The zero-order chi connectivity index (χ0) is 12.5. The Bertz CT molecular complexity index is 662. The molecule has 0 aliphatic rings. The van der Waals surface area contributed by atoms with Crippen LogP contribution in [-0.2, 0) is 0 Å². The Balaban J connectivity index is 1.93. The van der Waals surface area contributed by atoms with E-state index in [2.05, 4.69) is 36.9 Å². The van der Waals surface area contributed by atoms with Crippen LogP contribution in [0.5, 0.6) is 5.06 Å². The molecule has 3 heterocycles. The Morgan fingerprint density at radius 2 is 1.33 bits per heavy atom. The van der Waals surface area contributed by atoms with Gasteiger partial charge in [-0.05, 0) is 36.4 Å². The third-order valence-corrected chi connectivity index (χ3v) is 6.30. The van der Waals surface area contributed by atoms with Crippen LogP contribution in [0.1, 0.15) is 0 Å². The molecule has 3 aromatic rings. The Morgan fingerprint density at radius 1 is 0.778 bits per heavy atom. The summed E-state index contributed by atoms with van der Waals surface area (Å²) in [4.78, 5) is 5.11. The van der Waals surface area contributed by atoms with Crippen molar-refractivity contribution in [2.45, 2.75) is 4.21 Å². The highest BCUT2D eigenvalue weighted by Gasteiger charge is 2.09. The van der Waals surface area contributed by atoms with E-state index in [0.29, 0.717) is 0 Å². The molecule has 0 unspecified atom stereocenters. The lowest BCUT2D eigenvalue weighted by molar-refractivity contribution is 0.427. The largest absolute Gasteiger partial charge is 0.487 e. The second-order valence-corrected chi connectivity index (χ2v) is 7.62. The summed E-state index contributed by atoms with van der Waals surface area (Å²) in [6.45, 7) is 0. The van der Waals surface area contributed by atoms with E-state index in [-0.39, 0.29) is 0 Å². The number of hydrogen-bond acceptors (Lipinski definition) is 5. The first kappa shape index (κ1) is 12.3. The maximum atomic E-state index is 5.23. The first-order valence-corrected chi connectivity index (χ1v) is 8.19. The summed E-state index contributed by atoms with van der Waals surface area (Å²) in [5, 5.41) is 0.953. The van der Waals surface area contributed by atoms with Crippen molar-refractivity contribution in [3.05, 3.63) is 36.4 Å². The van der Waals surface area contributed by atoms with E-state index in [0.717, 1.165) is 9.27 Å². The summed E-state index contributed by atoms with van der Waals surface area (Å²) in [7, 11) is 1.70. The molecule has 0 atom stereocenters. The summed E-state index contributed by atoms with van der Waals surface area (Å²) in [6, 6.07) is 12.6. The topological polar surface area (TPSA) is 9.23 Å². The molecule has 5 heteroatoms. The van der Waals surface area contributed by atoms with E-state index in [9.17, 15) is 0 Å². The first-order chi connectivity index (χ1) is 8.76. The van der Waals surface area contributed by atoms with Crippen molar-refractivity contribution in [3.63, 3.8) is 0 Å². The van der Waals surface area contributed by atoms with Gasteiger partial charge in [0, 0.05) is 19.5 Å². The normalized spacial score (nSPS) is 10.8. The van der Waals surface area contributed by atoms with Crippen LogP contribution in [0.15, 0.2) is 40.6 Å². The van der Waals surface area contributed by atoms with E-state index in [1.54, 1.807) is 29.8 Å². The van der Waals surface area contributed by atoms with E-state index in [1.807, 2.05) is 23.5 Å². The Labute approximate surface area is 123 Å². The van der Waals surface area contributed by atoms with Crippen LogP contribution in [0.3, 0.4) is 0 Å². The molecule has 18 heavy (non-hydrogen) atoms. The second-order valence-electron chi connectivity index (χ2n) is 3.62. The predicted molar refractivity (Wildman–Crippen MR) is 84.7 cm³/mol. The van der Waals surface area contributed by atoms with Crippen LogP contribution in [0, 0.1) is 0 Å². The molecule has 92 valence electrons. The van der Waals surface area contributed by atoms with Gasteiger partial charge in [-0.3, -0.25) is 0 Å². The van der Waals surface area contributed by atoms with E-state index in [1.165, 1.54) is 19.5 Å². The van der Waals surface area contributed by atoms with Crippen molar-refractivity contribution in [1.82, 2.24) is 0 Å². The Kier molecular flexibility index (Phi) is 3.48. The summed E-state index contributed by atoms with van der Waals surface area (Å²) in [5.41, 5.74) is 0. The molecule has 0 bridgehead atoms. The second kappa shape index (κ2) is 5.09. The number of thiol groups is 1. The minimum Gasteiger partial charge on any atom is -0.487 e. The van der Waals surface area contributed by atoms with Gasteiger partial charge < -0.3 is 4.74 Å². The maximum absolute atomic E-state index is 5.23. The van der Waals surface area contributed by atoms with Gasteiger partial charge in [0.2, 0.25) is 0 Å². The standard InChI is InChI=1S/C13H10OS4/c1-14-12-6-4-10(17-12)8-2-3-9(16-8)11-5-7-13(15)18-11/h2-7,15H,1H3. The molecule has 0 saturated heterocycles. The summed E-state index contributed by atoms with van der Waals surface area (Å²) >= 11 is 9.55. The number of ether oxygens (including phenoxy) is 1. The molecule has 3 aromatic heterocycles. The van der Waals surface area contributed by atoms with Gasteiger partial charge in [-0.2, -0.15) is 0 Å². The lowest BCUT2D eigenvalue weighted by Crippen LogP contribution is -1.73. The summed E-state index contributed by atoms with van der Waals surface area (Å²) < 4.78 is 6.28. The molecule has 0 aliphatic heterocycles. The van der Waals surface area contributed by atoms with Crippen LogP contribution < -0.4 is 4.74 Å². The first-order valence-electron chi connectivity index (χ1n) is 5.29. The Morgan fingerprint density at radius 3 is 1.89 bits per heavy atom. The lowest BCUT2D eigenvalue weighted by atomic mass is 10.3. The molecule has 0 spiro atoms. The molecular formula is C13H10OS4. The van der Waals surface area contributed by atoms with Gasteiger partial charge in [0.1, 0.15) is 0 Å². The zero-order valence-electron chi connectivity index (χ0n) is 9.54. The molecule has 0 aromatic carbocycles. The minimum absolute atomic E-state index is 0.953. The zero-order valence-corrected chi connectivity index (χ0v) is 12.9. The van der Waals surface area contributed by atoms with Gasteiger partial charge in [-0.25, -0.2) is 0 Å². The molecule has 0 amide bonds. The van der Waals surface area contributed by atoms with Gasteiger partial charge in [-0.1, -0.05) is 11.3 Å². The third kappa shape index (κ3) is 2.36. The molecular weight excluding hydrogens is 300 g/mol. The van der Waals surface area contributed by atoms with E-state index < -0.39 is 0 Å².